The van der Waals surface area contributed by atoms with Crippen molar-refractivity contribution in [3.63, 3.8) is 0 Å². The standard InChI is InChI=1S/C21H26ClN3O2/c1-14-8-15(2)21(16(3)9-14)24-20(27)13-25(4)12-19(26)23-11-17-6-5-7-18(22)10-17/h5-10H,11-13H2,1-4H3,(H,23,26)(H,24,27). The van der Waals surface area contributed by atoms with Crippen LogP contribution < -0.4 is 10.6 Å². The monoisotopic (exact) mass is 387 g/mol. The van der Waals surface area contributed by atoms with Crippen LogP contribution in [0.1, 0.15) is 22.3 Å². The molecule has 0 aliphatic heterocycles. The van der Waals surface area contributed by atoms with Crippen molar-refractivity contribution in [1.29, 1.82) is 0 Å². The molecule has 0 unspecified atom stereocenters. The molecule has 0 saturated heterocycles. The molecule has 0 aromatic heterocycles. The summed E-state index contributed by atoms with van der Waals surface area (Å²) in [5, 5.41) is 6.42. The average molecular weight is 388 g/mol. The second-order valence-corrected chi connectivity index (χ2v) is 7.34. The molecule has 144 valence electrons. The normalized spacial score (nSPS) is 10.7. The molecule has 6 heteroatoms. The van der Waals surface area contributed by atoms with Gasteiger partial charge in [-0.05, 0) is 56.6 Å². The first-order valence-corrected chi connectivity index (χ1v) is 9.20. The topological polar surface area (TPSA) is 61.4 Å². The first-order valence-electron chi connectivity index (χ1n) is 8.82. The minimum Gasteiger partial charge on any atom is -0.351 e. The van der Waals surface area contributed by atoms with Crippen molar-refractivity contribution in [3.05, 3.63) is 63.7 Å². The highest BCUT2D eigenvalue weighted by Crippen LogP contribution is 2.21. The third-order valence-electron chi connectivity index (χ3n) is 4.15. The quantitative estimate of drug-likeness (QED) is 0.764. The second-order valence-electron chi connectivity index (χ2n) is 6.90. The van der Waals surface area contributed by atoms with E-state index >= 15 is 0 Å². The van der Waals surface area contributed by atoms with Crippen LogP contribution in [0.5, 0.6) is 0 Å². The maximum Gasteiger partial charge on any atom is 0.238 e. The molecule has 0 radical (unpaired) electrons. The number of hydrogen-bond donors (Lipinski definition) is 2. The molecule has 2 N–H and O–H groups in total. The van der Waals surface area contributed by atoms with E-state index in [0.29, 0.717) is 11.6 Å². The molecule has 0 bridgehead atoms. The second kappa shape index (κ2) is 9.53. The van der Waals surface area contributed by atoms with E-state index in [1.807, 2.05) is 51.1 Å². The van der Waals surface area contributed by atoms with Crippen molar-refractivity contribution in [2.45, 2.75) is 27.3 Å². The van der Waals surface area contributed by atoms with E-state index in [-0.39, 0.29) is 24.9 Å². The van der Waals surface area contributed by atoms with Crippen molar-refractivity contribution >= 4 is 29.1 Å². The van der Waals surface area contributed by atoms with E-state index in [0.717, 1.165) is 27.9 Å². The zero-order valence-corrected chi connectivity index (χ0v) is 17.0. The summed E-state index contributed by atoms with van der Waals surface area (Å²) in [6.45, 7) is 6.66. The van der Waals surface area contributed by atoms with E-state index in [9.17, 15) is 9.59 Å². The van der Waals surface area contributed by atoms with Crippen LogP contribution in [0.2, 0.25) is 5.02 Å². The average Bonchev–Trinajstić information content (AvgIpc) is 2.56. The highest BCUT2D eigenvalue weighted by molar-refractivity contribution is 6.30. The van der Waals surface area contributed by atoms with Crippen LogP contribution in [0.4, 0.5) is 5.69 Å². The number of amides is 2. The van der Waals surface area contributed by atoms with Crippen LogP contribution in [0, 0.1) is 20.8 Å². The van der Waals surface area contributed by atoms with Crippen LogP contribution in [-0.2, 0) is 16.1 Å². The van der Waals surface area contributed by atoms with Gasteiger partial charge in [0.05, 0.1) is 13.1 Å². The molecule has 0 atom stereocenters. The third-order valence-corrected chi connectivity index (χ3v) is 4.38. The number of aryl methyl sites for hydroxylation is 3. The highest BCUT2D eigenvalue weighted by Gasteiger charge is 2.13. The van der Waals surface area contributed by atoms with Crippen LogP contribution in [-0.4, -0.2) is 36.9 Å². The number of anilines is 1. The molecule has 2 aromatic carbocycles. The fraction of sp³-hybridized carbons (Fsp3) is 0.333. The Balaban J connectivity index is 1.81. The van der Waals surface area contributed by atoms with Gasteiger partial charge in [0.25, 0.3) is 0 Å². The molecule has 0 aliphatic rings. The predicted octanol–water partition coefficient (Wildman–Crippen LogP) is 3.45. The lowest BCUT2D eigenvalue weighted by Gasteiger charge is -2.18. The Morgan fingerprint density at radius 2 is 1.63 bits per heavy atom. The van der Waals surface area contributed by atoms with Gasteiger partial charge in [-0.15, -0.1) is 0 Å². The summed E-state index contributed by atoms with van der Waals surface area (Å²) in [5.41, 5.74) is 4.99. The SMILES string of the molecule is Cc1cc(C)c(NC(=O)CN(C)CC(=O)NCc2cccc(Cl)c2)c(C)c1. The summed E-state index contributed by atoms with van der Waals surface area (Å²) in [6, 6.07) is 11.4. The molecule has 0 saturated carbocycles. The molecule has 27 heavy (non-hydrogen) atoms. The summed E-state index contributed by atoms with van der Waals surface area (Å²) in [7, 11) is 1.74. The van der Waals surface area contributed by atoms with E-state index < -0.39 is 0 Å². The van der Waals surface area contributed by atoms with Crippen molar-refractivity contribution in [2.75, 3.05) is 25.5 Å². The zero-order chi connectivity index (χ0) is 20.0. The van der Waals surface area contributed by atoms with Crippen LogP contribution in [0.25, 0.3) is 0 Å². The number of likely N-dealkylation sites (N-methyl/N-ethyl adjacent to an activating group) is 1. The van der Waals surface area contributed by atoms with Gasteiger partial charge in [-0.25, -0.2) is 0 Å². The zero-order valence-electron chi connectivity index (χ0n) is 16.2. The van der Waals surface area contributed by atoms with Crippen molar-refractivity contribution in [3.8, 4) is 0 Å². The van der Waals surface area contributed by atoms with Gasteiger partial charge in [-0.3, -0.25) is 14.5 Å². The first-order chi connectivity index (χ1) is 12.7. The molecular formula is C21H26ClN3O2. The van der Waals surface area contributed by atoms with Crippen LogP contribution in [0.15, 0.2) is 36.4 Å². The van der Waals surface area contributed by atoms with Gasteiger partial charge < -0.3 is 10.6 Å². The number of halogens is 1. The summed E-state index contributed by atoms with van der Waals surface area (Å²) in [4.78, 5) is 26.1. The molecule has 0 aliphatic carbocycles. The van der Waals surface area contributed by atoms with Gasteiger partial charge >= 0.3 is 0 Å². The van der Waals surface area contributed by atoms with Crippen molar-refractivity contribution in [1.82, 2.24) is 10.2 Å². The first kappa shape index (κ1) is 20.9. The fourth-order valence-corrected chi connectivity index (χ4v) is 3.22. The molecule has 5 nitrogen and oxygen atoms in total. The van der Waals surface area contributed by atoms with Gasteiger partial charge in [0, 0.05) is 17.3 Å². The molecular weight excluding hydrogens is 362 g/mol. The minimum absolute atomic E-state index is 0.136. The number of carbonyl (C=O) groups excluding carboxylic acids is 2. The molecule has 0 fully saturated rings. The summed E-state index contributed by atoms with van der Waals surface area (Å²) in [5.74, 6) is -0.289. The molecule has 2 amide bonds. The lowest BCUT2D eigenvalue weighted by molar-refractivity contribution is -0.123. The largest absolute Gasteiger partial charge is 0.351 e. The summed E-state index contributed by atoms with van der Waals surface area (Å²) in [6.07, 6.45) is 0. The smallest absolute Gasteiger partial charge is 0.238 e. The highest BCUT2D eigenvalue weighted by atomic mass is 35.5. The fourth-order valence-electron chi connectivity index (χ4n) is 3.01. The predicted molar refractivity (Wildman–Crippen MR) is 110 cm³/mol. The molecule has 2 rings (SSSR count). The van der Waals surface area contributed by atoms with E-state index in [4.69, 9.17) is 11.6 Å². The maximum atomic E-state index is 12.3. The number of carbonyl (C=O) groups is 2. The number of benzene rings is 2. The Morgan fingerprint density at radius 1 is 1.00 bits per heavy atom. The van der Waals surface area contributed by atoms with E-state index in [1.54, 1.807) is 18.0 Å². The van der Waals surface area contributed by atoms with E-state index in [2.05, 4.69) is 10.6 Å². The Labute approximate surface area is 165 Å². The Bertz CT molecular complexity index is 813. The summed E-state index contributed by atoms with van der Waals surface area (Å²) >= 11 is 5.93. The molecule has 0 spiro atoms. The Kier molecular flexibility index (Phi) is 7.39. The third kappa shape index (κ3) is 6.70. The van der Waals surface area contributed by atoms with Gasteiger partial charge in [-0.1, -0.05) is 41.4 Å². The van der Waals surface area contributed by atoms with Crippen LogP contribution >= 0.6 is 11.6 Å². The molecule has 2 aromatic rings. The van der Waals surface area contributed by atoms with Gasteiger partial charge in [-0.2, -0.15) is 0 Å². The number of nitrogens with one attached hydrogen (secondary N) is 2. The maximum absolute atomic E-state index is 12.3. The van der Waals surface area contributed by atoms with Gasteiger partial charge in [0.1, 0.15) is 0 Å². The lowest BCUT2D eigenvalue weighted by atomic mass is 10.1. The van der Waals surface area contributed by atoms with Crippen LogP contribution in [0.3, 0.4) is 0 Å². The van der Waals surface area contributed by atoms with Crippen molar-refractivity contribution < 1.29 is 9.59 Å². The number of nitrogens with zero attached hydrogens (tertiary/aromatic N) is 1. The Morgan fingerprint density at radius 3 is 2.26 bits per heavy atom. The lowest BCUT2D eigenvalue weighted by Crippen LogP contribution is -2.38. The number of rotatable bonds is 7. The molecule has 0 heterocycles. The number of hydrogen-bond acceptors (Lipinski definition) is 3. The van der Waals surface area contributed by atoms with E-state index in [1.165, 1.54) is 0 Å². The Hall–Kier alpha value is -2.37. The van der Waals surface area contributed by atoms with Crippen molar-refractivity contribution in [2.24, 2.45) is 0 Å². The van der Waals surface area contributed by atoms with Gasteiger partial charge in [0.15, 0.2) is 0 Å². The van der Waals surface area contributed by atoms with Gasteiger partial charge in [0.2, 0.25) is 11.8 Å². The summed E-state index contributed by atoms with van der Waals surface area (Å²) < 4.78 is 0. The minimum atomic E-state index is -0.145.